The maximum atomic E-state index is 11.4. The predicted molar refractivity (Wildman–Crippen MR) is 508 cm³/mol. The van der Waals surface area contributed by atoms with E-state index < -0.39 is 7.12 Å². The quantitative estimate of drug-likeness (QED) is 0.0136. The van der Waals surface area contributed by atoms with Crippen LogP contribution in [0.15, 0.2) is 140 Å². The number of rotatable bonds is 26. The summed E-state index contributed by atoms with van der Waals surface area (Å²) in [4.78, 5) is 71.2. The molecule has 3 saturated carbocycles. The average molecular weight is 1790 g/mol. The van der Waals surface area contributed by atoms with Crippen molar-refractivity contribution in [1.29, 1.82) is 0 Å². The Bertz CT molecular complexity index is 5430. The summed E-state index contributed by atoms with van der Waals surface area (Å²) in [6, 6.07) is 45.8. The molecule has 3 aliphatic carbocycles. The SMILES string of the molecule is C.C.CC(=O)NC1CCC(Nc2nc(NCc3ccc(-c4ccc(C)s4)cc3)c3ncn(C(C)C)c3n2)CC1.CCCNC1CCC(Nc2nc(NCc3ccc(-c4ccc(C)s4)cc3)c3ncn(C(C)C)c3n2)CC1.Cc1ccc(-c2ccc(CNc3nc(NC4CCC(N)CC4)nc4c3ncn4C(C)C)cc2)s1.Cc1ccc(B(O)O)s1.[CH-]1OOO1.[Na+].[Na+]. The molecule has 656 valence electrons. The molecule has 0 unspecified atom stereocenters. The number of aromatic nitrogens is 12. The summed E-state index contributed by atoms with van der Waals surface area (Å²) in [5.41, 5.74) is 18.4. The van der Waals surface area contributed by atoms with Crippen LogP contribution >= 0.6 is 45.3 Å². The van der Waals surface area contributed by atoms with Crippen molar-refractivity contribution in [2.45, 2.75) is 255 Å². The third-order valence-corrected chi connectivity index (χ3v) is 25.9. The second-order valence-corrected chi connectivity index (χ2v) is 37.5. The average Bonchev–Trinajstić information content (AvgIpc) is 1.66. The molecule has 3 aromatic carbocycles. The number of amides is 1. The first-order chi connectivity index (χ1) is 58.5. The first kappa shape index (κ1) is 101. The second kappa shape index (κ2) is 49.1. The van der Waals surface area contributed by atoms with Crippen LogP contribution in [0.4, 0.5) is 35.3 Å². The molecular formula is C91H123BN21Na2O6S4+. The van der Waals surface area contributed by atoms with E-state index in [0.29, 0.717) is 66.4 Å². The van der Waals surface area contributed by atoms with E-state index >= 15 is 0 Å². The molecule has 1 aliphatic heterocycles. The standard InChI is InChI=1S/C29H39N7S.C28H35N7OS.C26H33N7S.C5H7BO2S.CHO3.2CH4.2Na/c1-5-16-30-23-11-13-24(14-12-23)33-29-34-27(26-28(35-29)36(18-32-26)19(2)3)31-17-21-7-9-22(10-8-21)25-15-6-20(4)37-25;1-17(2)35-16-30-25-26(29-15-20-6-8-21(9-7-20)24-14-5-18(3)37-24)33-28(34-27(25)35)32-23-12-10-22(11-13-23)31-19(4)36;1-16(2)33-15-29-23-24(31-26(32-25(23)33)30-21-11-9-20(27)10-12-21)28-14-18-5-7-19(8-6-18)22-13-4-17(3)34-22;1-4-2-3-5(9-4)6(7)8;1-2-4-3-1;;;;/h6-10,15,18-19,23-24,30H,5,11-14,16-17H2,1-4H3,(H2,31,33,34,35);5-9,14,16-17,22-23H,10-13,15H2,1-4H3,(H,31,36)(H2,29,32,33,34);4-8,13,15-16,20-21H,9-12,14,27H2,1-3H3,(H2,28,30,31,32);2-3,7-8H,1H3;1H;2*1H4;;/q;;;;-1;;;2*+1. The molecule has 1 saturated heterocycles. The molecule has 4 fully saturated rings. The number of nitrogens with one attached hydrogen (secondary N) is 8. The zero-order chi connectivity index (χ0) is 85.1. The fourth-order valence-corrected chi connectivity index (χ4v) is 18.4. The maximum absolute atomic E-state index is 11.4. The van der Waals surface area contributed by atoms with E-state index in [-0.39, 0.29) is 110 Å². The number of imidazole rings is 3. The van der Waals surface area contributed by atoms with Crippen LogP contribution in [-0.4, -0.2) is 124 Å². The van der Waals surface area contributed by atoms with Gasteiger partial charge in [-0.15, -0.1) is 50.4 Å². The van der Waals surface area contributed by atoms with Crippen molar-refractivity contribution >= 4 is 132 Å². The molecule has 4 aliphatic rings. The number of anilines is 6. The largest absolute Gasteiger partial charge is 1.00 e. The Morgan fingerprint density at radius 1 is 0.464 bits per heavy atom. The van der Waals surface area contributed by atoms with Gasteiger partial charge in [-0.25, -0.2) is 15.0 Å². The molecule has 125 heavy (non-hydrogen) atoms. The topological polar surface area (TPSA) is 338 Å². The molecule has 0 atom stereocenters. The molecule has 11 heterocycles. The molecule has 1 amide bonds. The van der Waals surface area contributed by atoms with Crippen molar-refractivity contribution in [3.63, 3.8) is 0 Å². The molecule has 34 heteroatoms. The van der Waals surface area contributed by atoms with Crippen molar-refractivity contribution in [3.05, 3.63) is 183 Å². The molecule has 12 N–H and O–H groups in total. The number of nitrogens with zero attached hydrogens (tertiary/aromatic N) is 12. The van der Waals surface area contributed by atoms with Gasteiger partial charge < -0.3 is 81.8 Å². The van der Waals surface area contributed by atoms with E-state index in [4.69, 9.17) is 45.7 Å². The summed E-state index contributed by atoms with van der Waals surface area (Å²) in [7, 11) is -1.30. The number of aryl methyl sites for hydroxylation is 4. The van der Waals surface area contributed by atoms with Crippen molar-refractivity contribution in [2.75, 3.05) is 38.4 Å². The zero-order valence-corrected chi connectivity index (χ0v) is 80.5. The van der Waals surface area contributed by atoms with Gasteiger partial charge in [-0.05, 0) is 242 Å². The zero-order valence-electron chi connectivity index (χ0n) is 73.3. The van der Waals surface area contributed by atoms with E-state index in [1.807, 2.05) is 66.0 Å². The Kier molecular flexibility index (Phi) is 39.6. The number of benzene rings is 3. The van der Waals surface area contributed by atoms with E-state index in [0.717, 1.165) is 133 Å². The first-order valence-electron chi connectivity index (χ1n) is 42.2. The molecule has 13 aromatic rings. The third-order valence-electron chi connectivity index (χ3n) is 21.7. The Balaban J connectivity index is 0.000000194. The van der Waals surface area contributed by atoms with Gasteiger partial charge >= 0.3 is 66.2 Å². The predicted octanol–water partition coefficient (Wildman–Crippen LogP) is 13.4. The minimum atomic E-state index is -1.30. The van der Waals surface area contributed by atoms with Crippen molar-refractivity contribution in [3.8, 4) is 31.3 Å². The summed E-state index contributed by atoms with van der Waals surface area (Å²) in [5, 5.41) is 48.9. The summed E-state index contributed by atoms with van der Waals surface area (Å²) in [5.74, 6) is 4.27. The van der Waals surface area contributed by atoms with Crippen LogP contribution in [0.25, 0.3) is 64.8 Å². The number of carbonyl (C=O) groups excluding carboxylic acids is 1. The van der Waals surface area contributed by atoms with Crippen LogP contribution in [0.2, 0.25) is 0 Å². The van der Waals surface area contributed by atoms with Crippen LogP contribution in [0.1, 0.15) is 208 Å². The number of thiophene rings is 4. The number of nitrogens with two attached hydrogens (primary N) is 1. The van der Waals surface area contributed by atoms with Gasteiger partial charge in [0.2, 0.25) is 23.8 Å². The third kappa shape index (κ3) is 28.6. The van der Waals surface area contributed by atoms with Gasteiger partial charge in [0, 0.05) is 120 Å². The maximum Gasteiger partial charge on any atom is 1.00 e. The van der Waals surface area contributed by atoms with Crippen LogP contribution in [-0.2, 0) is 39.2 Å². The number of carbonyl (C=O) groups is 1. The Labute approximate surface area is 797 Å². The van der Waals surface area contributed by atoms with Gasteiger partial charge in [0.05, 0.1) is 19.0 Å². The fraction of sp³-hybridized carbons (Fsp3) is 0.440. The van der Waals surface area contributed by atoms with Crippen LogP contribution in [0.5, 0.6) is 0 Å². The van der Waals surface area contributed by atoms with E-state index in [1.165, 1.54) is 93.2 Å². The van der Waals surface area contributed by atoms with Gasteiger partial charge in [-0.1, -0.05) is 101 Å². The fourth-order valence-electron chi connectivity index (χ4n) is 15.0. The molecular weight excluding hydrogens is 1670 g/mol. The molecule has 10 aromatic heterocycles. The second-order valence-electron chi connectivity index (χ2n) is 32.3. The summed E-state index contributed by atoms with van der Waals surface area (Å²) >= 11 is 6.86. The molecule has 0 radical (unpaired) electrons. The summed E-state index contributed by atoms with van der Waals surface area (Å²) < 4.78 is 6.91. The molecule has 27 nitrogen and oxygen atoms in total. The van der Waals surface area contributed by atoms with Gasteiger partial charge in [0.1, 0.15) is 0 Å². The van der Waals surface area contributed by atoms with Gasteiger partial charge in [0.25, 0.3) is 0 Å². The molecule has 0 spiro atoms. The van der Waals surface area contributed by atoms with Gasteiger partial charge in [-0.2, -0.15) is 29.9 Å². The van der Waals surface area contributed by atoms with E-state index in [9.17, 15) is 4.79 Å². The van der Waals surface area contributed by atoms with Gasteiger partial charge in [-0.3, -0.25) is 4.79 Å². The number of hydrogen-bond acceptors (Lipinski definition) is 27. The van der Waals surface area contributed by atoms with Crippen molar-refractivity contribution in [2.24, 2.45) is 5.73 Å². The van der Waals surface area contributed by atoms with Crippen molar-refractivity contribution in [1.82, 2.24) is 69.2 Å². The van der Waals surface area contributed by atoms with E-state index in [2.05, 4.69) is 264 Å². The monoisotopic (exact) mass is 1790 g/mol. The number of fused-ring (bicyclic) bond motifs is 3. The van der Waals surface area contributed by atoms with Crippen LogP contribution in [0, 0.1) is 34.5 Å². The smallest absolute Gasteiger partial charge is 0.423 e. The summed E-state index contributed by atoms with van der Waals surface area (Å²) in [6.45, 7) is 29.2. The Morgan fingerprint density at radius 2 is 0.768 bits per heavy atom. The molecule has 17 rings (SSSR count). The van der Waals surface area contributed by atoms with Crippen LogP contribution < -0.4 is 112 Å². The first-order valence-corrected chi connectivity index (χ1v) is 45.5. The molecule has 0 bridgehead atoms. The Morgan fingerprint density at radius 3 is 1.03 bits per heavy atom. The van der Waals surface area contributed by atoms with E-state index in [1.54, 1.807) is 13.0 Å². The normalized spacial score (nSPS) is 17.1. The van der Waals surface area contributed by atoms with Gasteiger partial charge in [0.15, 0.2) is 50.9 Å². The van der Waals surface area contributed by atoms with Crippen LogP contribution in [0.3, 0.4) is 0 Å². The number of hydrogen-bond donors (Lipinski definition) is 11. The summed E-state index contributed by atoms with van der Waals surface area (Å²) in [6.07, 6.45) is 19.4. The minimum Gasteiger partial charge on any atom is -0.423 e. The van der Waals surface area contributed by atoms with Crippen molar-refractivity contribution < 1.29 is 88.8 Å². The Hall–Kier alpha value is -7.84. The minimum absolute atomic E-state index is 0.